The first kappa shape index (κ1) is 22.8. The predicted molar refractivity (Wildman–Crippen MR) is 125 cm³/mol. The topological polar surface area (TPSA) is 58.6 Å². The molecule has 1 N–H and O–H groups in total. The summed E-state index contributed by atoms with van der Waals surface area (Å²) in [6.07, 6.45) is 1.08. The maximum Gasteiger partial charge on any atom is 0.341 e. The number of likely N-dealkylation sites (N-methyl/N-ethyl adjacent to an activating group) is 1. The van der Waals surface area contributed by atoms with E-state index in [1.807, 2.05) is 12.1 Å². The van der Waals surface area contributed by atoms with E-state index in [9.17, 15) is 9.59 Å². The summed E-state index contributed by atoms with van der Waals surface area (Å²) >= 11 is 3.31. The molecule has 1 aliphatic heterocycles. The van der Waals surface area contributed by atoms with Crippen LogP contribution in [0, 0.1) is 0 Å². The molecule has 0 saturated carbocycles. The Labute approximate surface area is 187 Å². The number of nitrogens with one attached hydrogen (secondary N) is 1. The van der Waals surface area contributed by atoms with Gasteiger partial charge in [-0.25, -0.2) is 4.79 Å². The Kier molecular flexibility index (Phi) is 7.97. The third kappa shape index (κ3) is 5.65. The van der Waals surface area contributed by atoms with Crippen molar-refractivity contribution in [2.75, 3.05) is 25.0 Å². The average molecular weight is 447 g/mol. The smallest absolute Gasteiger partial charge is 0.341 e. The van der Waals surface area contributed by atoms with Crippen molar-refractivity contribution in [1.82, 2.24) is 4.90 Å². The lowest BCUT2D eigenvalue weighted by Crippen LogP contribution is -2.30. The number of carbonyl (C=O) groups excluding carboxylic acids is 2. The quantitative estimate of drug-likeness (QED) is 0.458. The summed E-state index contributed by atoms with van der Waals surface area (Å²) in [5, 5.41) is 4.13. The van der Waals surface area contributed by atoms with Gasteiger partial charge in [0.1, 0.15) is 5.00 Å². The molecule has 0 radical (unpaired) electrons. The first-order chi connectivity index (χ1) is 14.4. The van der Waals surface area contributed by atoms with E-state index in [0.717, 1.165) is 42.1 Å². The average Bonchev–Trinajstić information content (AvgIpc) is 3.05. The number of thiophene rings is 1. The van der Waals surface area contributed by atoms with Crippen LogP contribution < -0.4 is 5.32 Å². The van der Waals surface area contributed by atoms with Gasteiger partial charge in [0.2, 0.25) is 5.91 Å². The first-order valence-electron chi connectivity index (χ1n) is 10.5. The van der Waals surface area contributed by atoms with Crippen LogP contribution in [0.25, 0.3) is 0 Å². The van der Waals surface area contributed by atoms with Crippen molar-refractivity contribution < 1.29 is 14.3 Å². The summed E-state index contributed by atoms with van der Waals surface area (Å²) in [5.41, 5.74) is 2.54. The van der Waals surface area contributed by atoms with Crippen LogP contribution in [-0.4, -0.2) is 41.7 Å². The van der Waals surface area contributed by atoms with Gasteiger partial charge in [-0.2, -0.15) is 0 Å². The van der Waals surface area contributed by atoms with Gasteiger partial charge in [0, 0.05) is 28.1 Å². The predicted octanol–water partition coefficient (Wildman–Crippen LogP) is 4.98. The van der Waals surface area contributed by atoms with Gasteiger partial charge in [0.25, 0.3) is 0 Å². The lowest BCUT2D eigenvalue weighted by Gasteiger charge is -2.25. The second-order valence-corrected chi connectivity index (χ2v) is 10.3. The van der Waals surface area contributed by atoms with Gasteiger partial charge in [-0.3, -0.25) is 9.69 Å². The normalized spacial score (nSPS) is 13.9. The number of rotatable bonds is 8. The molecule has 7 heteroatoms. The highest BCUT2D eigenvalue weighted by Crippen LogP contribution is 2.37. The van der Waals surface area contributed by atoms with E-state index in [-0.39, 0.29) is 18.3 Å². The molecule has 0 atom stereocenters. The Morgan fingerprint density at radius 3 is 2.60 bits per heavy atom. The molecule has 1 aromatic carbocycles. The highest BCUT2D eigenvalue weighted by molar-refractivity contribution is 7.99. The second kappa shape index (κ2) is 10.5. The third-order valence-electron chi connectivity index (χ3n) is 4.98. The Hall–Kier alpha value is -1.83. The standard InChI is InChI=1S/C23H30N2O3S2/c1-5-25-12-11-18-19(14-25)30-22(21(18)23(27)28-6-2)24-20(26)13-16-7-9-17(10-8-16)29-15(3)4/h7-10,15H,5-6,11-14H2,1-4H3,(H,24,26). The maximum atomic E-state index is 12.7. The minimum absolute atomic E-state index is 0.115. The van der Waals surface area contributed by atoms with Crippen molar-refractivity contribution in [2.45, 2.75) is 57.2 Å². The summed E-state index contributed by atoms with van der Waals surface area (Å²) < 4.78 is 5.29. The van der Waals surface area contributed by atoms with Crippen LogP contribution in [0.4, 0.5) is 5.00 Å². The number of ether oxygens (including phenoxy) is 1. The molecular weight excluding hydrogens is 416 g/mol. The molecule has 0 fully saturated rings. The number of thioether (sulfide) groups is 1. The van der Waals surface area contributed by atoms with Crippen LogP contribution in [0.2, 0.25) is 0 Å². The zero-order chi connectivity index (χ0) is 21.7. The number of esters is 1. The van der Waals surface area contributed by atoms with Gasteiger partial charge in [-0.15, -0.1) is 23.1 Å². The zero-order valence-electron chi connectivity index (χ0n) is 18.1. The molecule has 0 bridgehead atoms. The van der Waals surface area contributed by atoms with Crippen molar-refractivity contribution in [3.8, 4) is 0 Å². The largest absolute Gasteiger partial charge is 0.462 e. The van der Waals surface area contributed by atoms with Crippen LogP contribution >= 0.6 is 23.1 Å². The molecule has 3 rings (SSSR count). The molecule has 1 aromatic heterocycles. The number of amides is 1. The fourth-order valence-corrected chi connectivity index (χ4v) is 5.68. The summed E-state index contributed by atoms with van der Waals surface area (Å²) in [6.45, 7) is 11.3. The van der Waals surface area contributed by atoms with Gasteiger partial charge in [-0.1, -0.05) is 32.9 Å². The summed E-state index contributed by atoms with van der Waals surface area (Å²) in [6, 6.07) is 8.10. The molecule has 2 aromatic rings. The molecule has 162 valence electrons. The second-order valence-electron chi connectivity index (χ2n) is 7.58. The third-order valence-corrected chi connectivity index (χ3v) is 7.12. The summed E-state index contributed by atoms with van der Waals surface area (Å²) in [5.74, 6) is -0.457. The van der Waals surface area contributed by atoms with E-state index in [0.29, 0.717) is 22.4 Å². The maximum absolute atomic E-state index is 12.7. The molecule has 1 amide bonds. The molecular formula is C23H30N2O3S2. The molecule has 0 unspecified atom stereocenters. The minimum atomic E-state index is -0.342. The fourth-order valence-electron chi connectivity index (χ4n) is 3.55. The van der Waals surface area contributed by atoms with E-state index >= 15 is 0 Å². The monoisotopic (exact) mass is 446 g/mol. The Morgan fingerprint density at radius 2 is 1.97 bits per heavy atom. The molecule has 30 heavy (non-hydrogen) atoms. The van der Waals surface area contributed by atoms with E-state index in [1.54, 1.807) is 18.7 Å². The molecule has 0 aliphatic carbocycles. The lowest BCUT2D eigenvalue weighted by molar-refractivity contribution is -0.115. The van der Waals surface area contributed by atoms with E-state index in [2.05, 4.69) is 43.1 Å². The number of benzene rings is 1. The first-order valence-corrected chi connectivity index (χ1v) is 12.2. The van der Waals surface area contributed by atoms with Gasteiger partial charge in [0.05, 0.1) is 18.6 Å². The molecule has 0 saturated heterocycles. The highest BCUT2D eigenvalue weighted by atomic mass is 32.2. The van der Waals surface area contributed by atoms with E-state index < -0.39 is 0 Å². The van der Waals surface area contributed by atoms with Crippen molar-refractivity contribution in [3.05, 3.63) is 45.8 Å². The van der Waals surface area contributed by atoms with E-state index in [1.165, 1.54) is 16.2 Å². The van der Waals surface area contributed by atoms with Crippen molar-refractivity contribution in [1.29, 1.82) is 0 Å². The molecule has 0 spiro atoms. The Bertz CT molecular complexity index is 891. The van der Waals surface area contributed by atoms with Crippen molar-refractivity contribution in [3.63, 3.8) is 0 Å². The van der Waals surface area contributed by atoms with Gasteiger partial charge in [0.15, 0.2) is 0 Å². The fraction of sp³-hybridized carbons (Fsp3) is 0.478. The van der Waals surface area contributed by atoms with Crippen LogP contribution in [0.15, 0.2) is 29.2 Å². The molecule has 1 aliphatic rings. The summed E-state index contributed by atoms with van der Waals surface area (Å²) in [7, 11) is 0. The van der Waals surface area contributed by atoms with Crippen LogP contribution in [0.5, 0.6) is 0 Å². The Morgan fingerprint density at radius 1 is 1.23 bits per heavy atom. The number of hydrogen-bond acceptors (Lipinski definition) is 6. The van der Waals surface area contributed by atoms with Crippen molar-refractivity contribution >= 4 is 40.0 Å². The van der Waals surface area contributed by atoms with Crippen LogP contribution in [-0.2, 0) is 28.9 Å². The van der Waals surface area contributed by atoms with Crippen molar-refractivity contribution in [2.24, 2.45) is 0 Å². The van der Waals surface area contributed by atoms with Gasteiger partial charge in [-0.05, 0) is 43.1 Å². The van der Waals surface area contributed by atoms with E-state index in [4.69, 9.17) is 4.74 Å². The SMILES string of the molecule is CCOC(=O)c1c(NC(=O)Cc2ccc(SC(C)C)cc2)sc2c1CCN(CC)C2. The number of hydrogen-bond donors (Lipinski definition) is 1. The van der Waals surface area contributed by atoms with Crippen LogP contribution in [0.3, 0.4) is 0 Å². The molecule has 5 nitrogen and oxygen atoms in total. The number of fused-ring (bicyclic) bond motifs is 1. The number of carbonyl (C=O) groups is 2. The Balaban J connectivity index is 1.75. The zero-order valence-corrected chi connectivity index (χ0v) is 19.8. The summed E-state index contributed by atoms with van der Waals surface area (Å²) in [4.78, 5) is 30.1. The number of anilines is 1. The highest BCUT2D eigenvalue weighted by Gasteiger charge is 2.29. The lowest BCUT2D eigenvalue weighted by atomic mass is 10.0. The minimum Gasteiger partial charge on any atom is -0.462 e. The molecule has 2 heterocycles. The number of nitrogens with zero attached hydrogens (tertiary/aromatic N) is 1. The van der Waals surface area contributed by atoms with Crippen LogP contribution in [0.1, 0.15) is 54.1 Å². The van der Waals surface area contributed by atoms with Gasteiger partial charge >= 0.3 is 5.97 Å². The van der Waals surface area contributed by atoms with Gasteiger partial charge < -0.3 is 10.1 Å².